The van der Waals surface area contributed by atoms with E-state index in [4.69, 9.17) is 0 Å². The molecule has 21 heavy (non-hydrogen) atoms. The third kappa shape index (κ3) is 2.46. The summed E-state index contributed by atoms with van der Waals surface area (Å²) in [5.74, 6) is 2.93. The minimum absolute atomic E-state index is 0.636. The van der Waals surface area contributed by atoms with E-state index in [2.05, 4.69) is 41.5 Å². The van der Waals surface area contributed by atoms with Gasteiger partial charge in [0, 0.05) is 30.4 Å². The van der Waals surface area contributed by atoms with Crippen molar-refractivity contribution in [3.8, 4) is 0 Å². The molecule has 1 aromatic carbocycles. The van der Waals surface area contributed by atoms with Crippen molar-refractivity contribution in [1.29, 1.82) is 0 Å². The fraction of sp³-hybridized carbons (Fsp3) is 0.526. The first-order chi connectivity index (χ1) is 10.3. The van der Waals surface area contributed by atoms with Gasteiger partial charge < -0.3 is 5.32 Å². The van der Waals surface area contributed by atoms with E-state index in [1.165, 1.54) is 42.0 Å². The number of benzene rings is 1. The van der Waals surface area contributed by atoms with Gasteiger partial charge in [0.15, 0.2) is 0 Å². The molecule has 2 aromatic rings. The Morgan fingerprint density at radius 2 is 2.19 bits per heavy atom. The van der Waals surface area contributed by atoms with Crippen LogP contribution in [0, 0.1) is 17.8 Å². The molecule has 2 bridgehead atoms. The SMILES string of the molecule is CC(NCc1cccc2cnccc12)C1CC2CCC1C2. The van der Waals surface area contributed by atoms with Gasteiger partial charge in [-0.25, -0.2) is 0 Å². The second-order valence-electron chi connectivity index (χ2n) is 7.02. The molecule has 2 aliphatic carbocycles. The first-order valence-corrected chi connectivity index (χ1v) is 8.36. The molecule has 4 atom stereocenters. The van der Waals surface area contributed by atoms with E-state index in [1.54, 1.807) is 0 Å². The Labute approximate surface area is 127 Å². The predicted octanol–water partition coefficient (Wildman–Crippen LogP) is 4.15. The Bertz CT molecular complexity index is 631. The van der Waals surface area contributed by atoms with Crippen LogP contribution < -0.4 is 5.32 Å². The third-order valence-electron chi connectivity index (χ3n) is 5.82. The van der Waals surface area contributed by atoms with Crippen molar-refractivity contribution in [3.63, 3.8) is 0 Å². The van der Waals surface area contributed by atoms with Gasteiger partial charge in [0.2, 0.25) is 0 Å². The van der Waals surface area contributed by atoms with Gasteiger partial charge in [-0.05, 0) is 61.0 Å². The molecule has 0 saturated heterocycles. The lowest BCUT2D eigenvalue weighted by atomic mass is 9.84. The topological polar surface area (TPSA) is 24.9 Å². The van der Waals surface area contributed by atoms with E-state index in [9.17, 15) is 0 Å². The summed E-state index contributed by atoms with van der Waals surface area (Å²) in [5.41, 5.74) is 1.39. The maximum atomic E-state index is 4.22. The Kier molecular flexibility index (Phi) is 3.42. The zero-order valence-electron chi connectivity index (χ0n) is 12.8. The number of nitrogens with zero attached hydrogens (tertiary/aromatic N) is 1. The van der Waals surface area contributed by atoms with E-state index in [-0.39, 0.29) is 0 Å². The van der Waals surface area contributed by atoms with Crippen LogP contribution in [-0.2, 0) is 6.54 Å². The van der Waals surface area contributed by atoms with E-state index in [1.807, 2.05) is 12.4 Å². The van der Waals surface area contributed by atoms with Gasteiger partial charge in [0.1, 0.15) is 0 Å². The molecule has 2 aliphatic rings. The molecule has 0 spiro atoms. The molecule has 110 valence electrons. The van der Waals surface area contributed by atoms with E-state index >= 15 is 0 Å². The number of nitrogens with one attached hydrogen (secondary N) is 1. The molecule has 4 unspecified atom stereocenters. The molecular formula is C19H24N2. The molecule has 2 fully saturated rings. The van der Waals surface area contributed by atoms with Crippen LogP contribution in [0.2, 0.25) is 0 Å². The van der Waals surface area contributed by atoms with Crippen LogP contribution in [-0.4, -0.2) is 11.0 Å². The highest BCUT2D eigenvalue weighted by atomic mass is 14.9. The number of fused-ring (bicyclic) bond motifs is 3. The standard InChI is InChI=1S/C19H24N2/c1-13(19-10-14-5-6-15(19)9-14)21-12-17-4-2-3-16-11-20-8-7-18(16)17/h2-4,7-8,11,13-15,19,21H,5-6,9-10,12H2,1H3. The van der Waals surface area contributed by atoms with E-state index in [0.717, 1.165) is 24.3 Å². The minimum atomic E-state index is 0.636. The predicted molar refractivity (Wildman–Crippen MR) is 87.0 cm³/mol. The number of aromatic nitrogens is 1. The summed E-state index contributed by atoms with van der Waals surface area (Å²) in [5, 5.41) is 6.37. The normalized spacial score (nSPS) is 29.1. The van der Waals surface area contributed by atoms with Crippen molar-refractivity contribution >= 4 is 10.8 Å². The summed E-state index contributed by atoms with van der Waals surface area (Å²) in [6.45, 7) is 3.36. The lowest BCUT2D eigenvalue weighted by molar-refractivity contribution is 0.259. The van der Waals surface area contributed by atoms with E-state index < -0.39 is 0 Å². The van der Waals surface area contributed by atoms with Gasteiger partial charge in [-0.1, -0.05) is 24.6 Å². The highest BCUT2D eigenvalue weighted by molar-refractivity contribution is 5.84. The van der Waals surface area contributed by atoms with Crippen molar-refractivity contribution in [2.24, 2.45) is 17.8 Å². The maximum Gasteiger partial charge on any atom is 0.0346 e. The molecular weight excluding hydrogens is 256 g/mol. The van der Waals surface area contributed by atoms with Gasteiger partial charge in [-0.3, -0.25) is 4.98 Å². The van der Waals surface area contributed by atoms with Crippen LogP contribution in [0.25, 0.3) is 10.8 Å². The van der Waals surface area contributed by atoms with Gasteiger partial charge in [0.05, 0.1) is 0 Å². The number of hydrogen-bond acceptors (Lipinski definition) is 2. The van der Waals surface area contributed by atoms with Gasteiger partial charge in [0.25, 0.3) is 0 Å². The molecule has 0 radical (unpaired) electrons. The Morgan fingerprint density at radius 3 is 3.00 bits per heavy atom. The van der Waals surface area contributed by atoms with Gasteiger partial charge in [-0.2, -0.15) is 0 Å². The number of rotatable bonds is 4. The lowest BCUT2D eigenvalue weighted by Gasteiger charge is -2.28. The summed E-state index contributed by atoms with van der Waals surface area (Å²) in [6.07, 6.45) is 9.77. The van der Waals surface area contributed by atoms with Crippen LogP contribution in [0.5, 0.6) is 0 Å². The van der Waals surface area contributed by atoms with Gasteiger partial charge in [-0.15, -0.1) is 0 Å². The zero-order valence-corrected chi connectivity index (χ0v) is 12.8. The molecule has 4 rings (SSSR count). The average Bonchev–Trinajstić information content (AvgIpc) is 3.15. The van der Waals surface area contributed by atoms with Crippen molar-refractivity contribution in [2.75, 3.05) is 0 Å². The molecule has 2 saturated carbocycles. The highest BCUT2D eigenvalue weighted by Crippen LogP contribution is 2.49. The molecule has 1 heterocycles. The molecule has 0 amide bonds. The zero-order chi connectivity index (χ0) is 14.2. The monoisotopic (exact) mass is 280 g/mol. The number of pyridine rings is 1. The summed E-state index contributed by atoms with van der Waals surface area (Å²) in [4.78, 5) is 4.22. The summed E-state index contributed by atoms with van der Waals surface area (Å²) < 4.78 is 0. The average molecular weight is 280 g/mol. The van der Waals surface area contributed by atoms with Crippen LogP contribution >= 0.6 is 0 Å². The van der Waals surface area contributed by atoms with E-state index in [0.29, 0.717) is 6.04 Å². The Balaban J connectivity index is 1.46. The molecule has 2 nitrogen and oxygen atoms in total. The molecule has 1 N–H and O–H groups in total. The quantitative estimate of drug-likeness (QED) is 0.910. The first-order valence-electron chi connectivity index (χ1n) is 8.36. The first kappa shape index (κ1) is 13.3. The lowest BCUT2D eigenvalue weighted by Crippen LogP contribution is -2.35. The molecule has 0 aliphatic heterocycles. The Hall–Kier alpha value is -1.41. The van der Waals surface area contributed by atoms with Crippen molar-refractivity contribution in [3.05, 3.63) is 42.2 Å². The maximum absolute atomic E-state index is 4.22. The van der Waals surface area contributed by atoms with Crippen LogP contribution in [0.1, 0.15) is 38.2 Å². The van der Waals surface area contributed by atoms with Gasteiger partial charge >= 0.3 is 0 Å². The highest BCUT2D eigenvalue weighted by Gasteiger charge is 2.41. The van der Waals surface area contributed by atoms with Crippen LogP contribution in [0.4, 0.5) is 0 Å². The van der Waals surface area contributed by atoms with Crippen LogP contribution in [0.15, 0.2) is 36.7 Å². The van der Waals surface area contributed by atoms with Crippen molar-refractivity contribution in [2.45, 2.75) is 45.2 Å². The fourth-order valence-electron chi connectivity index (χ4n) is 4.67. The fourth-order valence-corrected chi connectivity index (χ4v) is 4.67. The third-order valence-corrected chi connectivity index (χ3v) is 5.82. The Morgan fingerprint density at radius 1 is 1.24 bits per heavy atom. The van der Waals surface area contributed by atoms with Crippen molar-refractivity contribution < 1.29 is 0 Å². The molecule has 1 aromatic heterocycles. The second-order valence-corrected chi connectivity index (χ2v) is 7.02. The summed E-state index contributed by atoms with van der Waals surface area (Å²) in [6, 6.07) is 9.30. The molecule has 2 heteroatoms. The summed E-state index contributed by atoms with van der Waals surface area (Å²) in [7, 11) is 0. The smallest absolute Gasteiger partial charge is 0.0346 e. The minimum Gasteiger partial charge on any atom is -0.310 e. The van der Waals surface area contributed by atoms with Crippen molar-refractivity contribution in [1.82, 2.24) is 10.3 Å². The number of hydrogen-bond donors (Lipinski definition) is 1. The van der Waals surface area contributed by atoms with Crippen LogP contribution in [0.3, 0.4) is 0 Å². The second kappa shape index (κ2) is 5.42. The largest absolute Gasteiger partial charge is 0.310 e. The summed E-state index contributed by atoms with van der Waals surface area (Å²) >= 11 is 0.